The first kappa shape index (κ1) is 13.7. The van der Waals surface area contributed by atoms with Crippen molar-refractivity contribution < 1.29 is 0 Å². The maximum atomic E-state index is 4.46. The number of aryl methyl sites for hydroxylation is 2. The van der Waals surface area contributed by atoms with E-state index in [0.29, 0.717) is 6.04 Å². The Bertz CT molecular complexity index is 478. The minimum Gasteiger partial charge on any atom is -0.337 e. The van der Waals surface area contributed by atoms with Crippen LogP contribution in [0.25, 0.3) is 0 Å². The number of rotatable bonds is 7. The largest absolute Gasteiger partial charge is 0.337 e. The zero-order chi connectivity index (χ0) is 13.5. The van der Waals surface area contributed by atoms with Crippen molar-refractivity contribution in [3.8, 4) is 0 Å². The van der Waals surface area contributed by atoms with Gasteiger partial charge in [0.05, 0.1) is 6.04 Å². The lowest BCUT2D eigenvalue weighted by atomic mass is 10.1. The maximum absolute atomic E-state index is 4.46. The molecule has 4 nitrogen and oxygen atoms in total. The Morgan fingerprint density at radius 2 is 2.16 bits per heavy atom. The highest BCUT2D eigenvalue weighted by Crippen LogP contribution is 2.16. The number of pyridine rings is 1. The molecular weight excluding hydrogens is 236 g/mol. The summed E-state index contributed by atoms with van der Waals surface area (Å²) in [7, 11) is 2.05. The third-order valence-electron chi connectivity index (χ3n) is 3.23. The second-order valence-corrected chi connectivity index (χ2v) is 4.76. The first-order valence-electron chi connectivity index (χ1n) is 6.91. The second kappa shape index (κ2) is 7.04. The van der Waals surface area contributed by atoms with Gasteiger partial charge in [-0.3, -0.25) is 4.98 Å². The Morgan fingerprint density at radius 1 is 1.26 bits per heavy atom. The van der Waals surface area contributed by atoms with E-state index in [-0.39, 0.29) is 0 Å². The van der Waals surface area contributed by atoms with Crippen LogP contribution in [0.15, 0.2) is 36.8 Å². The van der Waals surface area contributed by atoms with Crippen molar-refractivity contribution in [3.63, 3.8) is 0 Å². The minimum absolute atomic E-state index is 0.293. The summed E-state index contributed by atoms with van der Waals surface area (Å²) in [5.41, 5.74) is 1.14. The van der Waals surface area contributed by atoms with E-state index in [0.717, 1.165) is 37.3 Å². The van der Waals surface area contributed by atoms with Crippen LogP contribution in [0, 0.1) is 0 Å². The van der Waals surface area contributed by atoms with E-state index in [1.54, 1.807) is 0 Å². The molecule has 0 aliphatic heterocycles. The van der Waals surface area contributed by atoms with Crippen molar-refractivity contribution in [2.45, 2.75) is 32.2 Å². The van der Waals surface area contributed by atoms with Gasteiger partial charge in [-0.1, -0.05) is 13.0 Å². The number of imidazole rings is 1. The van der Waals surface area contributed by atoms with E-state index in [1.807, 2.05) is 37.8 Å². The van der Waals surface area contributed by atoms with E-state index in [1.165, 1.54) is 0 Å². The lowest BCUT2D eigenvalue weighted by Crippen LogP contribution is -2.25. The van der Waals surface area contributed by atoms with Crippen LogP contribution in [-0.4, -0.2) is 21.1 Å². The number of nitrogens with one attached hydrogen (secondary N) is 1. The Kier molecular flexibility index (Phi) is 5.10. The van der Waals surface area contributed by atoms with Gasteiger partial charge < -0.3 is 9.88 Å². The molecule has 0 radical (unpaired) electrons. The third kappa shape index (κ3) is 3.89. The Morgan fingerprint density at radius 3 is 2.79 bits per heavy atom. The smallest absolute Gasteiger partial charge is 0.125 e. The van der Waals surface area contributed by atoms with Gasteiger partial charge in [-0.15, -0.1) is 0 Å². The van der Waals surface area contributed by atoms with E-state index >= 15 is 0 Å². The molecule has 0 aliphatic rings. The summed E-state index contributed by atoms with van der Waals surface area (Å²) in [5, 5.41) is 3.57. The molecule has 0 aliphatic carbocycles. The highest BCUT2D eigenvalue weighted by atomic mass is 15.1. The summed E-state index contributed by atoms with van der Waals surface area (Å²) < 4.78 is 2.09. The molecule has 4 heteroatoms. The molecule has 0 saturated carbocycles. The summed E-state index contributed by atoms with van der Waals surface area (Å²) in [6.45, 7) is 3.20. The van der Waals surface area contributed by atoms with E-state index in [4.69, 9.17) is 0 Å². The normalized spacial score (nSPS) is 12.5. The standard InChI is InChI=1S/C15H22N4/c1-3-9-17-14(15-18-11-12-19(15)2)8-7-13-6-4-5-10-16-13/h4-6,10-12,14,17H,3,7-9H2,1-2H3. The Labute approximate surface area is 114 Å². The predicted molar refractivity (Wildman–Crippen MR) is 76.8 cm³/mol. The minimum atomic E-state index is 0.293. The summed E-state index contributed by atoms with van der Waals surface area (Å²) in [6, 6.07) is 6.36. The van der Waals surface area contributed by atoms with Gasteiger partial charge in [-0.2, -0.15) is 0 Å². The van der Waals surface area contributed by atoms with Crippen molar-refractivity contribution >= 4 is 0 Å². The molecule has 0 bridgehead atoms. The lowest BCUT2D eigenvalue weighted by molar-refractivity contribution is 0.464. The van der Waals surface area contributed by atoms with E-state index in [9.17, 15) is 0 Å². The van der Waals surface area contributed by atoms with Crippen molar-refractivity contribution in [2.24, 2.45) is 7.05 Å². The number of nitrogens with zero attached hydrogens (tertiary/aromatic N) is 3. The van der Waals surface area contributed by atoms with Crippen LogP contribution >= 0.6 is 0 Å². The van der Waals surface area contributed by atoms with Gasteiger partial charge >= 0.3 is 0 Å². The van der Waals surface area contributed by atoms with Crippen molar-refractivity contribution in [1.29, 1.82) is 0 Å². The maximum Gasteiger partial charge on any atom is 0.125 e. The molecule has 0 amide bonds. The number of hydrogen-bond acceptors (Lipinski definition) is 3. The Hall–Kier alpha value is -1.68. The number of hydrogen-bond donors (Lipinski definition) is 1. The summed E-state index contributed by atoms with van der Waals surface area (Å²) in [6.07, 6.45) is 8.82. The zero-order valence-electron chi connectivity index (χ0n) is 11.7. The molecule has 0 saturated heterocycles. The monoisotopic (exact) mass is 258 g/mol. The van der Waals surface area contributed by atoms with Crippen LogP contribution in [0.3, 0.4) is 0 Å². The van der Waals surface area contributed by atoms with Crippen LogP contribution in [0.2, 0.25) is 0 Å². The van der Waals surface area contributed by atoms with Crippen molar-refractivity contribution in [1.82, 2.24) is 19.9 Å². The molecule has 2 aromatic heterocycles. The molecule has 19 heavy (non-hydrogen) atoms. The highest BCUT2D eigenvalue weighted by molar-refractivity contribution is 5.06. The van der Waals surface area contributed by atoms with Gasteiger partial charge in [-0.25, -0.2) is 4.98 Å². The molecule has 0 spiro atoms. The number of aromatic nitrogens is 3. The lowest BCUT2D eigenvalue weighted by Gasteiger charge is -2.18. The zero-order valence-corrected chi connectivity index (χ0v) is 11.7. The highest BCUT2D eigenvalue weighted by Gasteiger charge is 2.15. The average Bonchev–Trinajstić information content (AvgIpc) is 2.86. The molecule has 102 valence electrons. The van der Waals surface area contributed by atoms with Crippen molar-refractivity contribution in [3.05, 3.63) is 48.3 Å². The van der Waals surface area contributed by atoms with E-state index in [2.05, 4.69) is 32.8 Å². The first-order valence-corrected chi connectivity index (χ1v) is 6.91. The molecule has 2 rings (SSSR count). The fraction of sp³-hybridized carbons (Fsp3) is 0.467. The first-order chi connectivity index (χ1) is 9.31. The molecule has 1 N–H and O–H groups in total. The topological polar surface area (TPSA) is 42.7 Å². The summed E-state index contributed by atoms with van der Waals surface area (Å²) in [4.78, 5) is 8.84. The van der Waals surface area contributed by atoms with E-state index < -0.39 is 0 Å². The molecule has 1 unspecified atom stereocenters. The molecule has 1 atom stereocenters. The molecule has 2 aromatic rings. The van der Waals surface area contributed by atoms with Crippen LogP contribution in [0.5, 0.6) is 0 Å². The molecule has 2 heterocycles. The van der Waals surface area contributed by atoms with Crippen molar-refractivity contribution in [2.75, 3.05) is 6.54 Å². The van der Waals surface area contributed by atoms with Gasteiger partial charge in [0.25, 0.3) is 0 Å². The molecule has 0 aromatic carbocycles. The van der Waals surface area contributed by atoms with Gasteiger partial charge in [0.2, 0.25) is 0 Å². The van der Waals surface area contributed by atoms with Gasteiger partial charge in [0.15, 0.2) is 0 Å². The summed E-state index contributed by atoms with van der Waals surface area (Å²) in [5.74, 6) is 1.10. The predicted octanol–water partition coefficient (Wildman–Crippen LogP) is 2.49. The fourth-order valence-corrected chi connectivity index (χ4v) is 2.19. The Balaban J connectivity index is 2.00. The van der Waals surface area contributed by atoms with Crippen LogP contribution < -0.4 is 5.32 Å². The van der Waals surface area contributed by atoms with Gasteiger partial charge in [-0.05, 0) is 37.9 Å². The van der Waals surface area contributed by atoms with Gasteiger partial charge in [0, 0.05) is 31.3 Å². The quantitative estimate of drug-likeness (QED) is 0.829. The van der Waals surface area contributed by atoms with Gasteiger partial charge in [0.1, 0.15) is 5.82 Å². The van der Waals surface area contributed by atoms with Crippen LogP contribution in [0.1, 0.15) is 37.3 Å². The molecule has 0 fully saturated rings. The van der Waals surface area contributed by atoms with Crippen LogP contribution in [0.4, 0.5) is 0 Å². The molecular formula is C15H22N4. The van der Waals surface area contributed by atoms with Crippen LogP contribution in [-0.2, 0) is 13.5 Å². The third-order valence-corrected chi connectivity index (χ3v) is 3.23. The fourth-order valence-electron chi connectivity index (χ4n) is 2.19. The summed E-state index contributed by atoms with van der Waals surface area (Å²) >= 11 is 0. The average molecular weight is 258 g/mol. The SMILES string of the molecule is CCCNC(CCc1ccccn1)c1nccn1C. The second-order valence-electron chi connectivity index (χ2n) is 4.76.